The van der Waals surface area contributed by atoms with Crippen molar-refractivity contribution in [3.05, 3.63) is 31.7 Å². The summed E-state index contributed by atoms with van der Waals surface area (Å²) in [5.41, 5.74) is -0.201. The van der Waals surface area contributed by atoms with Gasteiger partial charge in [0.25, 0.3) is 0 Å². The lowest BCUT2D eigenvalue weighted by Crippen LogP contribution is -1.75. The second-order valence-electron chi connectivity index (χ2n) is 1.38. The Balaban J connectivity index is 3.68. The molecule has 0 aliphatic heterocycles. The van der Waals surface area contributed by atoms with Crippen LogP contribution in [0.25, 0.3) is 0 Å². The summed E-state index contributed by atoms with van der Waals surface area (Å²) in [6.07, 6.45) is 0. The minimum absolute atomic E-state index is 0.0120. The summed E-state index contributed by atoms with van der Waals surface area (Å²) in [4.78, 5) is 0. The van der Waals surface area contributed by atoms with E-state index in [1.807, 2.05) is 0 Å². The Hall–Kier alpha value is 0.430. The minimum Gasteiger partial charge on any atom is -0.0505 e. The van der Waals surface area contributed by atoms with Crippen LogP contribution in [0.2, 0.25) is 0 Å². The van der Waals surface area contributed by atoms with Gasteiger partial charge in [-0.25, -0.2) is 0 Å². The van der Waals surface area contributed by atoms with Crippen LogP contribution in [-0.4, -0.2) is 0 Å². The second kappa shape index (κ2) is 3.01. The molecule has 0 saturated heterocycles. The van der Waals surface area contributed by atoms with Gasteiger partial charge in [-0.05, 0) is 53.1 Å². The van der Waals surface area contributed by atoms with Crippen LogP contribution in [0.5, 0.6) is 0 Å². The van der Waals surface area contributed by atoms with Crippen molar-refractivity contribution in [2.45, 2.75) is 6.85 Å². The summed E-state index contributed by atoms with van der Waals surface area (Å²) in [6.45, 7) is -2.45. The van der Waals surface area contributed by atoms with Crippen LogP contribution in [0, 0.1) is 10.4 Å². The maximum Gasteiger partial charge on any atom is 0.0637 e. The Bertz CT molecular complexity index is 384. The molecule has 0 amide bonds. The lowest BCUT2D eigenvalue weighted by molar-refractivity contribution is 1.41. The predicted molar refractivity (Wildman–Crippen MR) is 51.6 cm³/mol. The zero-order valence-electron chi connectivity index (χ0n) is 10.3. The molecule has 0 aromatic heterocycles. The van der Waals surface area contributed by atoms with Crippen molar-refractivity contribution >= 4 is 38.5 Å². The molecule has 0 aliphatic rings. The van der Waals surface area contributed by atoms with Gasteiger partial charge in [0, 0.05) is 12.2 Å². The average molecular weight is 303 g/mol. The number of benzene rings is 1. The van der Waals surface area contributed by atoms with Gasteiger partial charge in [-0.3, -0.25) is 0 Å². The molecule has 0 radical (unpaired) electrons. The van der Waals surface area contributed by atoms with Gasteiger partial charge < -0.3 is 0 Å². The SMILES string of the molecule is [2H]c1c([2H])c(I)c([2H])c(C([2H])([2H])[2H])c1Br. The quantitative estimate of drug-likeness (QED) is 0.645. The second-order valence-corrected chi connectivity index (χ2v) is 3.25. The van der Waals surface area contributed by atoms with Gasteiger partial charge in [0.15, 0.2) is 0 Å². The topological polar surface area (TPSA) is 0 Å². The van der Waals surface area contributed by atoms with Crippen molar-refractivity contribution in [2.75, 3.05) is 0 Å². The first kappa shape index (κ1) is 2.81. The van der Waals surface area contributed by atoms with Crippen molar-refractivity contribution in [3.63, 3.8) is 0 Å². The molecule has 0 spiro atoms. The van der Waals surface area contributed by atoms with E-state index < -0.39 is 6.85 Å². The molecular formula is C7H6BrI. The van der Waals surface area contributed by atoms with Crippen molar-refractivity contribution in [1.82, 2.24) is 0 Å². The van der Waals surface area contributed by atoms with Gasteiger partial charge in [-0.1, -0.05) is 15.9 Å². The molecule has 48 valence electrons. The van der Waals surface area contributed by atoms with Crippen LogP contribution in [0.15, 0.2) is 22.6 Å². The molecule has 1 aromatic carbocycles. The van der Waals surface area contributed by atoms with Crippen LogP contribution in [0.1, 0.15) is 13.8 Å². The van der Waals surface area contributed by atoms with E-state index in [4.69, 9.17) is 8.22 Å². The number of rotatable bonds is 0. The van der Waals surface area contributed by atoms with Crippen molar-refractivity contribution in [2.24, 2.45) is 0 Å². The monoisotopic (exact) mass is 302 g/mol. The third kappa shape index (κ3) is 1.93. The van der Waals surface area contributed by atoms with E-state index in [1.165, 1.54) is 0 Å². The maximum absolute atomic E-state index is 7.63. The first-order chi connectivity index (χ1) is 6.68. The lowest BCUT2D eigenvalue weighted by atomic mass is 10.2. The van der Waals surface area contributed by atoms with Crippen LogP contribution in [-0.2, 0) is 0 Å². The van der Waals surface area contributed by atoms with E-state index in [1.54, 1.807) is 22.6 Å². The molecule has 0 bridgehead atoms. The van der Waals surface area contributed by atoms with Crippen molar-refractivity contribution in [1.29, 1.82) is 0 Å². The van der Waals surface area contributed by atoms with Crippen molar-refractivity contribution in [3.8, 4) is 0 Å². The van der Waals surface area contributed by atoms with Gasteiger partial charge in [0.1, 0.15) is 0 Å². The minimum atomic E-state index is -2.45. The van der Waals surface area contributed by atoms with Crippen LogP contribution < -0.4 is 0 Å². The Labute approximate surface area is 85.4 Å². The summed E-state index contributed by atoms with van der Waals surface area (Å²) < 4.78 is 44.6. The molecule has 0 aliphatic carbocycles. The Morgan fingerprint density at radius 2 is 2.56 bits per heavy atom. The molecule has 2 heteroatoms. The predicted octanol–water partition coefficient (Wildman–Crippen LogP) is 3.36. The standard InChI is InChI=1S/C7H6BrI/c1-5-4-6(9)2-3-7(5)8/h2-4H,1H3/i1D3,2D,3D,4D. The van der Waals surface area contributed by atoms with Crippen LogP contribution in [0.3, 0.4) is 0 Å². The fourth-order valence-electron chi connectivity index (χ4n) is 0.368. The molecule has 1 aromatic rings. The van der Waals surface area contributed by atoms with Crippen LogP contribution >= 0.6 is 38.5 Å². The third-order valence-corrected chi connectivity index (χ3v) is 1.87. The van der Waals surface area contributed by atoms with Gasteiger partial charge in [0.2, 0.25) is 0 Å². The van der Waals surface area contributed by atoms with Gasteiger partial charge >= 0.3 is 0 Å². The highest BCUT2D eigenvalue weighted by Crippen LogP contribution is 2.17. The van der Waals surface area contributed by atoms with E-state index >= 15 is 0 Å². The largest absolute Gasteiger partial charge is 0.0637 e. The molecular weight excluding hydrogens is 291 g/mol. The van der Waals surface area contributed by atoms with E-state index in [2.05, 4.69) is 15.9 Å². The highest BCUT2D eigenvalue weighted by molar-refractivity contribution is 14.1. The normalized spacial score (nSPS) is 20.7. The molecule has 0 saturated carbocycles. The van der Waals surface area contributed by atoms with E-state index in [0.717, 1.165) is 0 Å². The summed E-state index contributed by atoms with van der Waals surface area (Å²) in [5.74, 6) is 0. The third-order valence-electron chi connectivity index (χ3n) is 0.736. The first-order valence-corrected chi connectivity index (χ1v) is 4.00. The molecule has 1 rings (SSSR count). The fourth-order valence-corrected chi connectivity index (χ4v) is 0.971. The average Bonchev–Trinajstić information content (AvgIpc) is 2.09. The molecule has 0 nitrogen and oxygen atoms in total. The van der Waals surface area contributed by atoms with E-state index in [-0.39, 0.29) is 31.7 Å². The molecule has 9 heavy (non-hydrogen) atoms. The molecule has 0 fully saturated rings. The molecule has 0 heterocycles. The molecule has 0 atom stereocenters. The molecule has 0 unspecified atom stereocenters. The van der Waals surface area contributed by atoms with Gasteiger partial charge in [0.05, 0.1) is 4.11 Å². The Kier molecular flexibility index (Phi) is 0.942. The van der Waals surface area contributed by atoms with Crippen LogP contribution in [0.4, 0.5) is 0 Å². The number of hydrogen-bond donors (Lipinski definition) is 0. The number of halogens is 2. The summed E-state index contributed by atoms with van der Waals surface area (Å²) >= 11 is 4.67. The Morgan fingerprint density at radius 1 is 1.78 bits per heavy atom. The fraction of sp³-hybridized carbons (Fsp3) is 0.143. The van der Waals surface area contributed by atoms with E-state index in [9.17, 15) is 0 Å². The summed E-state index contributed by atoms with van der Waals surface area (Å²) in [7, 11) is 0. The maximum atomic E-state index is 7.63. The Morgan fingerprint density at radius 3 is 3.22 bits per heavy atom. The molecule has 0 N–H and O–H groups in total. The van der Waals surface area contributed by atoms with Crippen molar-refractivity contribution < 1.29 is 8.22 Å². The smallest absolute Gasteiger partial charge is 0.0505 e. The zero-order valence-corrected chi connectivity index (χ0v) is 8.00. The highest BCUT2D eigenvalue weighted by Gasteiger charge is 1.91. The summed E-state index contributed by atoms with van der Waals surface area (Å²) in [5, 5.41) is 0. The lowest BCUT2D eigenvalue weighted by Gasteiger charge is -1.95. The first-order valence-electron chi connectivity index (χ1n) is 5.13. The highest BCUT2D eigenvalue weighted by atomic mass is 127. The van der Waals surface area contributed by atoms with E-state index in [0.29, 0.717) is 0 Å². The van der Waals surface area contributed by atoms with Gasteiger partial charge in [-0.2, -0.15) is 0 Å². The zero-order chi connectivity index (χ0) is 12.0. The number of hydrogen-bond acceptors (Lipinski definition) is 0. The summed E-state index contributed by atoms with van der Waals surface area (Å²) in [6, 6.07) is -0.523. The van der Waals surface area contributed by atoms with Gasteiger partial charge in [-0.15, -0.1) is 0 Å².